The molecule has 0 aliphatic carbocycles. The molecule has 25 heavy (non-hydrogen) atoms. The number of rotatable bonds is 6. The number of alkyl halides is 3. The van der Waals surface area contributed by atoms with Gasteiger partial charge in [0.1, 0.15) is 23.1 Å². The van der Waals surface area contributed by atoms with Crippen molar-refractivity contribution in [3.63, 3.8) is 0 Å². The minimum atomic E-state index is -4.74. The predicted molar refractivity (Wildman–Crippen MR) is 86.3 cm³/mol. The SMILES string of the molecule is COc1cccc(OC)c1CNC(=N)c1ccc(OC(F)(F)F)cc1. The number of nitrogens with one attached hydrogen (secondary N) is 2. The molecule has 0 aromatic heterocycles. The number of methoxy groups -OCH3 is 2. The van der Waals surface area contributed by atoms with Crippen LogP contribution in [0.2, 0.25) is 0 Å². The zero-order chi connectivity index (χ0) is 18.4. The molecule has 5 nitrogen and oxygen atoms in total. The molecule has 0 amide bonds. The Morgan fingerprint density at radius 2 is 1.56 bits per heavy atom. The highest BCUT2D eigenvalue weighted by Gasteiger charge is 2.31. The first-order chi connectivity index (χ1) is 11.8. The second-order valence-corrected chi connectivity index (χ2v) is 4.94. The van der Waals surface area contributed by atoms with Gasteiger partial charge in [-0.05, 0) is 36.4 Å². The second-order valence-electron chi connectivity index (χ2n) is 4.94. The maximum Gasteiger partial charge on any atom is 0.573 e. The van der Waals surface area contributed by atoms with Gasteiger partial charge in [-0.25, -0.2) is 0 Å². The summed E-state index contributed by atoms with van der Waals surface area (Å²) in [5, 5.41) is 10.9. The van der Waals surface area contributed by atoms with Crippen LogP contribution in [-0.2, 0) is 6.54 Å². The number of benzene rings is 2. The summed E-state index contributed by atoms with van der Waals surface area (Å²) < 4.78 is 50.8. The van der Waals surface area contributed by atoms with Crippen LogP contribution >= 0.6 is 0 Å². The fourth-order valence-corrected chi connectivity index (χ4v) is 2.20. The molecule has 2 rings (SSSR count). The maximum atomic E-state index is 12.2. The van der Waals surface area contributed by atoms with Gasteiger partial charge in [0.2, 0.25) is 0 Å². The molecule has 0 saturated carbocycles. The standard InChI is InChI=1S/C17H17F3N2O3/c1-23-14-4-3-5-15(24-2)13(14)10-22-16(21)11-6-8-12(9-7-11)25-17(18,19)20/h3-9H,10H2,1-2H3,(H2,21,22). The Balaban J connectivity index is 2.06. The fraction of sp³-hybridized carbons (Fsp3) is 0.235. The van der Waals surface area contributed by atoms with Gasteiger partial charge in [0.15, 0.2) is 0 Å². The van der Waals surface area contributed by atoms with Gasteiger partial charge in [-0.2, -0.15) is 0 Å². The number of hydrogen-bond acceptors (Lipinski definition) is 4. The van der Waals surface area contributed by atoms with Crippen LogP contribution in [0, 0.1) is 5.41 Å². The molecule has 2 N–H and O–H groups in total. The summed E-state index contributed by atoms with van der Waals surface area (Å²) in [6.07, 6.45) is -4.74. The quantitative estimate of drug-likeness (QED) is 0.613. The van der Waals surface area contributed by atoms with E-state index in [0.29, 0.717) is 17.1 Å². The Morgan fingerprint density at radius 1 is 1.00 bits per heavy atom. The van der Waals surface area contributed by atoms with Crippen LogP contribution in [0.15, 0.2) is 42.5 Å². The second kappa shape index (κ2) is 7.78. The largest absolute Gasteiger partial charge is 0.573 e. The zero-order valence-electron chi connectivity index (χ0n) is 13.6. The van der Waals surface area contributed by atoms with E-state index in [4.69, 9.17) is 14.9 Å². The normalized spacial score (nSPS) is 10.9. The molecular weight excluding hydrogens is 337 g/mol. The van der Waals surface area contributed by atoms with Gasteiger partial charge in [0.25, 0.3) is 0 Å². The van der Waals surface area contributed by atoms with Crippen molar-refractivity contribution in [2.24, 2.45) is 0 Å². The summed E-state index contributed by atoms with van der Waals surface area (Å²) in [6, 6.07) is 10.4. The van der Waals surface area contributed by atoms with Gasteiger partial charge in [-0.15, -0.1) is 13.2 Å². The van der Waals surface area contributed by atoms with E-state index in [1.165, 1.54) is 26.4 Å². The molecule has 0 heterocycles. The van der Waals surface area contributed by atoms with E-state index in [9.17, 15) is 13.2 Å². The third-order valence-corrected chi connectivity index (χ3v) is 3.35. The van der Waals surface area contributed by atoms with E-state index >= 15 is 0 Å². The molecule has 2 aromatic rings. The highest BCUT2D eigenvalue weighted by atomic mass is 19.4. The monoisotopic (exact) mass is 354 g/mol. The lowest BCUT2D eigenvalue weighted by atomic mass is 10.1. The van der Waals surface area contributed by atoms with Crippen LogP contribution in [-0.4, -0.2) is 26.4 Å². The van der Waals surface area contributed by atoms with Crippen LogP contribution in [0.3, 0.4) is 0 Å². The highest BCUT2D eigenvalue weighted by Crippen LogP contribution is 2.28. The van der Waals surface area contributed by atoms with E-state index < -0.39 is 6.36 Å². The Labute approximate surface area is 142 Å². The van der Waals surface area contributed by atoms with Crippen molar-refractivity contribution in [3.05, 3.63) is 53.6 Å². The molecule has 0 aliphatic heterocycles. The van der Waals surface area contributed by atoms with Crippen molar-refractivity contribution in [1.29, 1.82) is 5.41 Å². The first kappa shape index (κ1) is 18.4. The van der Waals surface area contributed by atoms with E-state index in [1.807, 2.05) is 0 Å². The lowest BCUT2D eigenvalue weighted by molar-refractivity contribution is -0.274. The van der Waals surface area contributed by atoms with E-state index in [0.717, 1.165) is 17.7 Å². The molecule has 0 spiro atoms. The van der Waals surface area contributed by atoms with E-state index in [1.54, 1.807) is 18.2 Å². The topological polar surface area (TPSA) is 63.6 Å². The average molecular weight is 354 g/mol. The average Bonchev–Trinajstić information content (AvgIpc) is 2.58. The molecule has 0 atom stereocenters. The van der Waals surface area contributed by atoms with Crippen LogP contribution in [0.4, 0.5) is 13.2 Å². The molecule has 8 heteroatoms. The van der Waals surface area contributed by atoms with E-state index in [-0.39, 0.29) is 18.1 Å². The van der Waals surface area contributed by atoms with Crippen LogP contribution in [0.5, 0.6) is 17.2 Å². The number of ether oxygens (including phenoxy) is 3. The summed E-state index contributed by atoms with van der Waals surface area (Å²) in [5.74, 6) is 0.920. The minimum absolute atomic E-state index is 0.0477. The van der Waals surface area contributed by atoms with Crippen LogP contribution in [0.1, 0.15) is 11.1 Å². The molecular formula is C17H17F3N2O3. The van der Waals surface area contributed by atoms with Crippen molar-refractivity contribution in [3.8, 4) is 17.2 Å². The Bertz CT molecular complexity index is 709. The number of amidine groups is 1. The van der Waals surface area contributed by atoms with Gasteiger partial charge in [0.05, 0.1) is 19.8 Å². The first-order valence-electron chi connectivity index (χ1n) is 7.22. The van der Waals surface area contributed by atoms with Gasteiger partial charge in [-0.3, -0.25) is 5.41 Å². The van der Waals surface area contributed by atoms with Crippen LogP contribution < -0.4 is 19.5 Å². The summed E-state index contributed by atoms with van der Waals surface area (Å²) in [7, 11) is 3.06. The maximum absolute atomic E-state index is 12.2. The van der Waals surface area contributed by atoms with Crippen molar-refractivity contribution < 1.29 is 27.4 Å². The smallest absolute Gasteiger partial charge is 0.496 e. The summed E-state index contributed by atoms with van der Waals surface area (Å²) in [6.45, 7) is 0.257. The highest BCUT2D eigenvalue weighted by molar-refractivity contribution is 5.96. The summed E-state index contributed by atoms with van der Waals surface area (Å²) >= 11 is 0. The molecule has 0 unspecified atom stereocenters. The molecule has 0 saturated heterocycles. The first-order valence-corrected chi connectivity index (χ1v) is 7.22. The molecule has 2 aromatic carbocycles. The molecule has 0 radical (unpaired) electrons. The van der Waals surface area contributed by atoms with Crippen molar-refractivity contribution in [2.75, 3.05) is 14.2 Å². The Morgan fingerprint density at radius 3 is 2.04 bits per heavy atom. The van der Waals surface area contributed by atoms with Gasteiger partial charge in [-0.1, -0.05) is 6.07 Å². The van der Waals surface area contributed by atoms with Crippen molar-refractivity contribution >= 4 is 5.84 Å². The van der Waals surface area contributed by atoms with Gasteiger partial charge >= 0.3 is 6.36 Å². The number of hydrogen-bond donors (Lipinski definition) is 2. The lowest BCUT2D eigenvalue weighted by Gasteiger charge is -2.15. The van der Waals surface area contributed by atoms with Crippen LogP contribution in [0.25, 0.3) is 0 Å². The Kier molecular flexibility index (Phi) is 5.74. The predicted octanol–water partition coefficient (Wildman–Crippen LogP) is 3.72. The summed E-state index contributed by atoms with van der Waals surface area (Å²) in [4.78, 5) is 0. The molecule has 0 aliphatic rings. The van der Waals surface area contributed by atoms with Gasteiger partial charge < -0.3 is 19.5 Å². The molecule has 0 bridgehead atoms. The lowest BCUT2D eigenvalue weighted by Crippen LogP contribution is -2.23. The molecule has 0 fully saturated rings. The Hall–Kier alpha value is -2.90. The van der Waals surface area contributed by atoms with Gasteiger partial charge in [0, 0.05) is 12.1 Å². The third-order valence-electron chi connectivity index (χ3n) is 3.35. The minimum Gasteiger partial charge on any atom is -0.496 e. The third kappa shape index (κ3) is 5.03. The zero-order valence-corrected chi connectivity index (χ0v) is 13.6. The van der Waals surface area contributed by atoms with E-state index in [2.05, 4.69) is 10.1 Å². The summed E-state index contributed by atoms with van der Waals surface area (Å²) in [5.41, 5.74) is 1.15. The number of halogens is 3. The van der Waals surface area contributed by atoms with Crippen molar-refractivity contribution in [1.82, 2.24) is 5.32 Å². The fourth-order valence-electron chi connectivity index (χ4n) is 2.20. The molecule has 134 valence electrons. The van der Waals surface area contributed by atoms with Crippen molar-refractivity contribution in [2.45, 2.75) is 12.9 Å².